The minimum absolute atomic E-state index is 0. The van der Waals surface area contributed by atoms with Crippen LogP contribution in [0, 0.1) is 0 Å². The smallest absolute Gasteiger partial charge is 0.203 e. The van der Waals surface area contributed by atoms with E-state index in [0.717, 1.165) is 24.7 Å². The standard InChI is InChI=1S/C27H39N3O3.3ClH/c1-31-25-19-24(20-26(32-2)27(25)33-3)30(22-11-5-4-6-12-22)16-10-9-14-28-17-18-29-15-8-7-13-23(29)21-28;;;/h4-6,11-12,19-20,23H,7-10,13-18,21H2,1-3H3;3*1H. The maximum Gasteiger partial charge on any atom is 0.203 e. The van der Waals surface area contributed by atoms with E-state index in [4.69, 9.17) is 14.2 Å². The number of piperidine rings is 1. The van der Waals surface area contributed by atoms with Gasteiger partial charge in [0, 0.05) is 55.7 Å². The summed E-state index contributed by atoms with van der Waals surface area (Å²) in [6.07, 6.45) is 6.47. The van der Waals surface area contributed by atoms with Gasteiger partial charge in [-0.05, 0) is 50.9 Å². The Kier molecular flexibility index (Phi) is 14.7. The summed E-state index contributed by atoms with van der Waals surface area (Å²) in [6.45, 7) is 7.13. The monoisotopic (exact) mass is 561 g/mol. The highest BCUT2D eigenvalue weighted by Gasteiger charge is 2.28. The van der Waals surface area contributed by atoms with E-state index in [1.165, 1.54) is 64.1 Å². The summed E-state index contributed by atoms with van der Waals surface area (Å²) in [5.41, 5.74) is 2.22. The highest BCUT2D eigenvalue weighted by molar-refractivity contribution is 5.86. The second-order valence-electron chi connectivity index (χ2n) is 9.06. The van der Waals surface area contributed by atoms with Crippen molar-refractivity contribution >= 4 is 48.6 Å². The Labute approximate surface area is 235 Å². The van der Waals surface area contributed by atoms with Crippen LogP contribution in [0.1, 0.15) is 32.1 Å². The number of unbranched alkanes of at least 4 members (excludes halogenated alkanes) is 1. The Morgan fingerprint density at radius 1 is 0.806 bits per heavy atom. The molecule has 2 aliphatic rings. The highest BCUT2D eigenvalue weighted by Crippen LogP contribution is 2.42. The van der Waals surface area contributed by atoms with Crippen LogP contribution in [0.25, 0.3) is 0 Å². The van der Waals surface area contributed by atoms with Crippen molar-refractivity contribution in [2.75, 3.05) is 65.5 Å². The number of fused-ring (bicyclic) bond motifs is 1. The molecule has 6 nitrogen and oxygen atoms in total. The predicted molar refractivity (Wildman–Crippen MR) is 156 cm³/mol. The number of methoxy groups -OCH3 is 3. The molecule has 2 aliphatic heterocycles. The molecule has 0 aliphatic carbocycles. The maximum atomic E-state index is 5.61. The first-order valence-corrected chi connectivity index (χ1v) is 12.3. The van der Waals surface area contributed by atoms with E-state index in [1.807, 2.05) is 12.1 Å². The van der Waals surface area contributed by atoms with E-state index in [9.17, 15) is 0 Å². The topological polar surface area (TPSA) is 37.4 Å². The van der Waals surface area contributed by atoms with Crippen LogP contribution in [0.15, 0.2) is 42.5 Å². The molecule has 0 N–H and O–H groups in total. The Hall–Kier alpha value is -1.57. The second kappa shape index (κ2) is 16.3. The first-order valence-electron chi connectivity index (χ1n) is 12.3. The first kappa shape index (κ1) is 32.5. The van der Waals surface area contributed by atoms with Gasteiger partial charge in [-0.2, -0.15) is 0 Å². The van der Waals surface area contributed by atoms with Gasteiger partial charge < -0.3 is 24.0 Å². The molecule has 0 saturated carbocycles. The third kappa shape index (κ3) is 7.96. The average molecular weight is 563 g/mol. The van der Waals surface area contributed by atoms with Gasteiger partial charge in [0.1, 0.15) is 0 Å². The molecule has 0 radical (unpaired) electrons. The summed E-state index contributed by atoms with van der Waals surface area (Å²) >= 11 is 0. The van der Waals surface area contributed by atoms with Crippen molar-refractivity contribution in [1.29, 1.82) is 0 Å². The van der Waals surface area contributed by atoms with Gasteiger partial charge in [0.15, 0.2) is 11.5 Å². The summed E-state index contributed by atoms with van der Waals surface area (Å²) in [6, 6.07) is 15.4. The number of halogens is 3. The summed E-state index contributed by atoms with van der Waals surface area (Å²) in [5.74, 6) is 1.98. The number of piperazine rings is 1. The molecule has 36 heavy (non-hydrogen) atoms. The molecular formula is C27H42Cl3N3O3. The Balaban J connectivity index is 0.00000216. The van der Waals surface area contributed by atoms with Crippen molar-refractivity contribution in [2.45, 2.75) is 38.1 Å². The van der Waals surface area contributed by atoms with E-state index in [0.29, 0.717) is 17.2 Å². The average Bonchev–Trinajstić information content (AvgIpc) is 2.88. The minimum Gasteiger partial charge on any atom is -0.493 e. The molecule has 2 heterocycles. The second-order valence-corrected chi connectivity index (χ2v) is 9.06. The summed E-state index contributed by atoms with van der Waals surface area (Å²) < 4.78 is 16.7. The lowest BCUT2D eigenvalue weighted by Gasteiger charge is -2.44. The SMILES string of the molecule is COc1cc(N(CCCCN2CCN3CCCCC3C2)c2ccccc2)cc(OC)c1OC.Cl.Cl.Cl. The molecule has 2 aromatic rings. The van der Waals surface area contributed by atoms with Crippen molar-refractivity contribution in [2.24, 2.45) is 0 Å². The van der Waals surface area contributed by atoms with Crippen molar-refractivity contribution < 1.29 is 14.2 Å². The fraction of sp³-hybridized carbons (Fsp3) is 0.556. The first-order chi connectivity index (χ1) is 16.2. The van der Waals surface area contributed by atoms with Gasteiger partial charge in [-0.3, -0.25) is 4.90 Å². The molecule has 204 valence electrons. The lowest BCUT2D eigenvalue weighted by molar-refractivity contribution is 0.0488. The molecular weight excluding hydrogens is 521 g/mol. The van der Waals surface area contributed by atoms with Crippen LogP contribution in [0.2, 0.25) is 0 Å². The molecule has 0 amide bonds. The van der Waals surface area contributed by atoms with E-state index < -0.39 is 0 Å². The van der Waals surface area contributed by atoms with Gasteiger partial charge in [0.05, 0.1) is 21.3 Å². The van der Waals surface area contributed by atoms with Gasteiger partial charge >= 0.3 is 0 Å². The molecule has 4 rings (SSSR count). The van der Waals surface area contributed by atoms with Crippen molar-refractivity contribution in [1.82, 2.24) is 9.80 Å². The number of nitrogens with zero attached hydrogens (tertiary/aromatic N) is 3. The zero-order valence-corrected chi connectivity index (χ0v) is 24.1. The third-order valence-electron chi connectivity index (χ3n) is 7.06. The molecule has 0 spiro atoms. The molecule has 0 aromatic heterocycles. The number of ether oxygens (including phenoxy) is 3. The van der Waals surface area contributed by atoms with E-state index in [1.54, 1.807) is 21.3 Å². The van der Waals surface area contributed by atoms with E-state index in [2.05, 4.69) is 45.0 Å². The van der Waals surface area contributed by atoms with Crippen molar-refractivity contribution in [3.63, 3.8) is 0 Å². The number of hydrogen-bond acceptors (Lipinski definition) is 6. The maximum absolute atomic E-state index is 5.61. The Morgan fingerprint density at radius 2 is 1.50 bits per heavy atom. The Morgan fingerprint density at radius 3 is 2.14 bits per heavy atom. The quantitative estimate of drug-likeness (QED) is 0.327. The summed E-state index contributed by atoms with van der Waals surface area (Å²) in [7, 11) is 4.97. The number of rotatable bonds is 10. The lowest BCUT2D eigenvalue weighted by Crippen LogP contribution is -2.54. The lowest BCUT2D eigenvalue weighted by atomic mass is 9.99. The molecule has 2 aromatic carbocycles. The molecule has 2 saturated heterocycles. The predicted octanol–water partition coefficient (Wildman–Crippen LogP) is 6.07. The van der Waals surface area contributed by atoms with Crippen LogP contribution in [-0.2, 0) is 0 Å². The summed E-state index contributed by atoms with van der Waals surface area (Å²) in [5, 5.41) is 0. The molecule has 9 heteroatoms. The van der Waals surface area contributed by atoms with Gasteiger partial charge in [-0.1, -0.05) is 24.6 Å². The normalized spacial score (nSPS) is 17.5. The molecule has 0 bridgehead atoms. The van der Waals surface area contributed by atoms with Gasteiger partial charge in [0.25, 0.3) is 0 Å². The Bertz CT molecular complexity index is 866. The molecule has 1 unspecified atom stereocenters. The van der Waals surface area contributed by atoms with Crippen LogP contribution in [0.5, 0.6) is 17.2 Å². The van der Waals surface area contributed by atoms with Crippen LogP contribution in [0.4, 0.5) is 11.4 Å². The number of para-hydroxylation sites is 1. The van der Waals surface area contributed by atoms with Crippen molar-refractivity contribution in [3.8, 4) is 17.2 Å². The van der Waals surface area contributed by atoms with Crippen LogP contribution in [0.3, 0.4) is 0 Å². The van der Waals surface area contributed by atoms with Crippen molar-refractivity contribution in [3.05, 3.63) is 42.5 Å². The van der Waals surface area contributed by atoms with Gasteiger partial charge in [-0.25, -0.2) is 0 Å². The van der Waals surface area contributed by atoms with E-state index >= 15 is 0 Å². The zero-order valence-electron chi connectivity index (χ0n) is 21.7. The highest BCUT2D eigenvalue weighted by atomic mass is 35.5. The minimum atomic E-state index is 0. The van der Waals surface area contributed by atoms with E-state index in [-0.39, 0.29) is 37.2 Å². The number of benzene rings is 2. The fourth-order valence-corrected chi connectivity index (χ4v) is 5.27. The van der Waals surface area contributed by atoms with Gasteiger partial charge in [0.2, 0.25) is 5.75 Å². The van der Waals surface area contributed by atoms with Crippen LogP contribution in [-0.4, -0.2) is 76.4 Å². The fourth-order valence-electron chi connectivity index (χ4n) is 5.27. The molecule has 1 atom stereocenters. The zero-order chi connectivity index (χ0) is 23.0. The van der Waals surface area contributed by atoms with Crippen LogP contribution >= 0.6 is 37.2 Å². The largest absolute Gasteiger partial charge is 0.493 e. The third-order valence-corrected chi connectivity index (χ3v) is 7.06. The number of anilines is 2. The van der Waals surface area contributed by atoms with Crippen LogP contribution < -0.4 is 19.1 Å². The summed E-state index contributed by atoms with van der Waals surface area (Å²) in [4.78, 5) is 7.74. The molecule has 2 fully saturated rings. The van der Waals surface area contributed by atoms with Gasteiger partial charge in [-0.15, -0.1) is 37.2 Å². The number of hydrogen-bond donors (Lipinski definition) is 0.